The fourth-order valence-corrected chi connectivity index (χ4v) is 2.61. The smallest absolute Gasteiger partial charge is 0.303 e. The van der Waals surface area contributed by atoms with Crippen molar-refractivity contribution in [2.75, 3.05) is 7.11 Å². The maximum atomic E-state index is 10.5. The number of halogens is 1. The Hall–Kier alpha value is -1.26. The van der Waals surface area contributed by atoms with Crippen LogP contribution in [-0.2, 0) is 11.3 Å². The summed E-state index contributed by atoms with van der Waals surface area (Å²) in [5, 5.41) is 12.8. The molecular weight excluding hydrogens is 266 g/mol. The summed E-state index contributed by atoms with van der Waals surface area (Å²) < 4.78 is 5.10. The summed E-state index contributed by atoms with van der Waals surface area (Å²) in [5.74, 6) is 0.363. The number of carboxylic acids is 1. The van der Waals surface area contributed by atoms with Gasteiger partial charge in [-0.25, -0.2) is 0 Å². The van der Waals surface area contributed by atoms with Gasteiger partial charge in [-0.05, 0) is 36.5 Å². The number of nitrogens with one attached hydrogen (secondary N) is 1. The predicted octanol–water partition coefficient (Wildman–Crippen LogP) is 2.69. The Kier molecular flexibility index (Phi) is 4.66. The van der Waals surface area contributed by atoms with E-state index >= 15 is 0 Å². The first-order valence-electron chi connectivity index (χ1n) is 6.36. The van der Waals surface area contributed by atoms with Gasteiger partial charge in [-0.3, -0.25) is 4.79 Å². The molecule has 1 aliphatic carbocycles. The van der Waals surface area contributed by atoms with Gasteiger partial charge in [0, 0.05) is 24.0 Å². The first kappa shape index (κ1) is 14.2. The number of benzene rings is 1. The van der Waals surface area contributed by atoms with E-state index in [1.54, 1.807) is 13.2 Å². The molecular formula is C14H18ClNO3. The van der Waals surface area contributed by atoms with Crippen LogP contribution in [0.3, 0.4) is 0 Å². The highest BCUT2D eigenvalue weighted by Crippen LogP contribution is 2.31. The molecule has 1 fully saturated rings. The second-order valence-corrected chi connectivity index (χ2v) is 5.38. The zero-order valence-corrected chi connectivity index (χ0v) is 11.6. The fraction of sp³-hybridized carbons (Fsp3) is 0.500. The SMILES string of the molecule is COc1ccc(CNC2CC(CC(=O)O)C2)c(Cl)c1. The minimum atomic E-state index is -0.707. The van der Waals surface area contributed by atoms with Gasteiger partial charge < -0.3 is 15.2 Å². The van der Waals surface area contributed by atoms with Crippen LogP contribution in [0.25, 0.3) is 0 Å². The number of carbonyl (C=O) groups is 1. The van der Waals surface area contributed by atoms with Crippen LogP contribution < -0.4 is 10.1 Å². The molecule has 4 nitrogen and oxygen atoms in total. The van der Waals surface area contributed by atoms with Crippen LogP contribution in [0.1, 0.15) is 24.8 Å². The number of hydrogen-bond acceptors (Lipinski definition) is 3. The minimum absolute atomic E-state index is 0.279. The van der Waals surface area contributed by atoms with E-state index < -0.39 is 5.97 Å². The Morgan fingerprint density at radius 1 is 1.53 bits per heavy atom. The van der Waals surface area contributed by atoms with Gasteiger partial charge in [-0.1, -0.05) is 17.7 Å². The summed E-state index contributed by atoms with van der Waals surface area (Å²) in [6, 6.07) is 6.04. The summed E-state index contributed by atoms with van der Waals surface area (Å²) in [5.41, 5.74) is 1.03. The molecule has 1 saturated carbocycles. The monoisotopic (exact) mass is 283 g/mol. The number of carboxylic acid groups (broad SMARTS) is 1. The molecule has 0 saturated heterocycles. The third kappa shape index (κ3) is 3.85. The average Bonchev–Trinajstić information content (AvgIpc) is 2.32. The van der Waals surface area contributed by atoms with E-state index in [4.69, 9.17) is 21.4 Å². The van der Waals surface area contributed by atoms with Gasteiger partial charge in [-0.2, -0.15) is 0 Å². The molecule has 19 heavy (non-hydrogen) atoms. The number of aliphatic carboxylic acids is 1. The molecule has 104 valence electrons. The van der Waals surface area contributed by atoms with Gasteiger partial charge in [-0.15, -0.1) is 0 Å². The van der Waals surface area contributed by atoms with Gasteiger partial charge in [0.2, 0.25) is 0 Å². The molecule has 0 aliphatic heterocycles. The van der Waals surface area contributed by atoms with E-state index in [1.807, 2.05) is 12.1 Å². The van der Waals surface area contributed by atoms with Crippen molar-refractivity contribution in [3.63, 3.8) is 0 Å². The van der Waals surface area contributed by atoms with Crippen molar-refractivity contribution in [3.8, 4) is 5.75 Å². The zero-order chi connectivity index (χ0) is 13.8. The van der Waals surface area contributed by atoms with Gasteiger partial charge in [0.25, 0.3) is 0 Å². The van der Waals surface area contributed by atoms with Crippen molar-refractivity contribution < 1.29 is 14.6 Å². The molecule has 1 aliphatic rings. The lowest BCUT2D eigenvalue weighted by Gasteiger charge is -2.35. The fourth-order valence-electron chi connectivity index (χ4n) is 2.37. The highest BCUT2D eigenvalue weighted by atomic mass is 35.5. The number of hydrogen-bond donors (Lipinski definition) is 2. The summed E-state index contributed by atoms with van der Waals surface area (Å²) in [7, 11) is 1.61. The molecule has 0 atom stereocenters. The Bertz CT molecular complexity index is 458. The zero-order valence-electron chi connectivity index (χ0n) is 10.9. The molecule has 0 radical (unpaired) electrons. The predicted molar refractivity (Wildman–Crippen MR) is 73.6 cm³/mol. The van der Waals surface area contributed by atoms with E-state index in [0.29, 0.717) is 23.5 Å². The quantitative estimate of drug-likeness (QED) is 0.843. The van der Waals surface area contributed by atoms with E-state index in [-0.39, 0.29) is 6.42 Å². The van der Waals surface area contributed by atoms with Gasteiger partial charge in [0.15, 0.2) is 0 Å². The number of methoxy groups -OCH3 is 1. The van der Waals surface area contributed by atoms with Crippen molar-refractivity contribution in [1.29, 1.82) is 0 Å². The van der Waals surface area contributed by atoms with Crippen molar-refractivity contribution in [1.82, 2.24) is 5.32 Å². The van der Waals surface area contributed by atoms with Crippen molar-refractivity contribution in [2.24, 2.45) is 5.92 Å². The highest BCUT2D eigenvalue weighted by molar-refractivity contribution is 6.31. The van der Waals surface area contributed by atoms with Crippen LogP contribution in [0.2, 0.25) is 5.02 Å². The van der Waals surface area contributed by atoms with E-state index in [2.05, 4.69) is 5.32 Å². The maximum Gasteiger partial charge on any atom is 0.303 e. The Morgan fingerprint density at radius 2 is 2.26 bits per heavy atom. The second-order valence-electron chi connectivity index (χ2n) is 4.97. The lowest BCUT2D eigenvalue weighted by Crippen LogP contribution is -2.41. The molecule has 1 aromatic rings. The van der Waals surface area contributed by atoms with Gasteiger partial charge in [0.05, 0.1) is 7.11 Å². The van der Waals surface area contributed by atoms with E-state index in [1.165, 1.54) is 0 Å². The molecule has 0 amide bonds. The molecule has 0 aromatic heterocycles. The Morgan fingerprint density at radius 3 is 2.84 bits per heavy atom. The number of rotatable bonds is 6. The minimum Gasteiger partial charge on any atom is -0.497 e. The van der Waals surface area contributed by atoms with Crippen LogP contribution in [0.5, 0.6) is 5.75 Å². The lowest BCUT2D eigenvalue weighted by atomic mass is 9.78. The molecule has 0 bridgehead atoms. The standard InChI is InChI=1S/C14H18ClNO3/c1-19-12-3-2-10(13(15)7-12)8-16-11-4-9(5-11)6-14(17)18/h2-3,7,9,11,16H,4-6,8H2,1H3,(H,17,18). The molecule has 0 unspecified atom stereocenters. The van der Waals surface area contributed by atoms with Crippen LogP contribution >= 0.6 is 11.6 Å². The molecule has 0 heterocycles. The van der Waals surface area contributed by atoms with Crippen molar-refractivity contribution in [3.05, 3.63) is 28.8 Å². The van der Waals surface area contributed by atoms with Crippen molar-refractivity contribution in [2.45, 2.75) is 31.8 Å². The topological polar surface area (TPSA) is 58.6 Å². The van der Waals surface area contributed by atoms with Crippen LogP contribution in [0, 0.1) is 5.92 Å². The normalized spacial score (nSPS) is 21.8. The van der Waals surface area contributed by atoms with Crippen LogP contribution in [0.4, 0.5) is 0 Å². The molecule has 2 N–H and O–H groups in total. The molecule has 2 rings (SSSR count). The second kappa shape index (κ2) is 6.26. The van der Waals surface area contributed by atoms with Crippen LogP contribution in [0.15, 0.2) is 18.2 Å². The Labute approximate surface area is 117 Å². The summed E-state index contributed by atoms with van der Waals surface area (Å²) in [6.07, 6.45) is 2.14. The first-order valence-corrected chi connectivity index (χ1v) is 6.74. The third-order valence-corrected chi connectivity index (χ3v) is 3.89. The van der Waals surface area contributed by atoms with E-state index in [9.17, 15) is 4.79 Å². The molecule has 1 aromatic carbocycles. The largest absolute Gasteiger partial charge is 0.497 e. The maximum absolute atomic E-state index is 10.5. The lowest BCUT2D eigenvalue weighted by molar-refractivity contribution is -0.138. The van der Waals surface area contributed by atoms with Crippen molar-refractivity contribution >= 4 is 17.6 Å². The number of ether oxygens (including phenoxy) is 1. The van der Waals surface area contributed by atoms with Gasteiger partial charge >= 0.3 is 5.97 Å². The highest BCUT2D eigenvalue weighted by Gasteiger charge is 2.30. The van der Waals surface area contributed by atoms with Crippen LogP contribution in [-0.4, -0.2) is 24.2 Å². The molecule has 0 spiro atoms. The van der Waals surface area contributed by atoms with E-state index in [0.717, 1.165) is 24.2 Å². The molecule has 5 heteroatoms. The first-order chi connectivity index (χ1) is 9.08. The summed E-state index contributed by atoms with van der Waals surface area (Å²) in [4.78, 5) is 10.5. The summed E-state index contributed by atoms with van der Waals surface area (Å²) >= 11 is 6.15. The average molecular weight is 284 g/mol. The Balaban J connectivity index is 1.76. The van der Waals surface area contributed by atoms with Gasteiger partial charge in [0.1, 0.15) is 5.75 Å². The summed E-state index contributed by atoms with van der Waals surface area (Å²) in [6.45, 7) is 0.702. The third-order valence-electron chi connectivity index (χ3n) is 3.54.